The maximum Gasteiger partial charge on any atom is 0.331 e. The zero-order valence-electron chi connectivity index (χ0n) is 24.2. The molecule has 0 saturated heterocycles. The van der Waals surface area contributed by atoms with E-state index in [2.05, 4.69) is 13.8 Å². The molecule has 0 N–H and O–H groups in total. The van der Waals surface area contributed by atoms with Crippen molar-refractivity contribution in [1.29, 1.82) is 0 Å². The van der Waals surface area contributed by atoms with Gasteiger partial charge in [0.05, 0.1) is 13.2 Å². The van der Waals surface area contributed by atoms with Crippen molar-refractivity contribution in [3.05, 3.63) is 12.2 Å². The van der Waals surface area contributed by atoms with E-state index < -0.39 is 11.9 Å². The monoisotopic (exact) mass is 508 g/mol. The predicted octanol–water partition coefficient (Wildman–Crippen LogP) is 10.0. The van der Waals surface area contributed by atoms with E-state index in [0.29, 0.717) is 13.2 Å². The molecule has 36 heavy (non-hydrogen) atoms. The van der Waals surface area contributed by atoms with Crippen LogP contribution in [0.4, 0.5) is 0 Å². The summed E-state index contributed by atoms with van der Waals surface area (Å²) in [5.74, 6) is -0.916. The van der Waals surface area contributed by atoms with Crippen molar-refractivity contribution in [3.63, 3.8) is 0 Å². The van der Waals surface area contributed by atoms with E-state index in [1.807, 2.05) is 0 Å². The lowest BCUT2D eigenvalue weighted by Gasteiger charge is -2.04. The van der Waals surface area contributed by atoms with Crippen LogP contribution in [-0.4, -0.2) is 25.2 Å². The highest BCUT2D eigenvalue weighted by atomic mass is 16.5. The molecule has 0 heterocycles. The lowest BCUT2D eigenvalue weighted by molar-refractivity contribution is -0.140. The summed E-state index contributed by atoms with van der Waals surface area (Å²) in [4.78, 5) is 23.4. The van der Waals surface area contributed by atoms with Crippen molar-refractivity contribution in [3.8, 4) is 0 Å². The van der Waals surface area contributed by atoms with Crippen LogP contribution in [0.25, 0.3) is 0 Å². The summed E-state index contributed by atoms with van der Waals surface area (Å²) in [6.45, 7) is 5.37. The summed E-state index contributed by atoms with van der Waals surface area (Å²) in [6.07, 6.45) is 33.1. The number of ether oxygens (including phenoxy) is 2. The maximum atomic E-state index is 11.7. The summed E-state index contributed by atoms with van der Waals surface area (Å²) in [7, 11) is 0. The fraction of sp³-hybridized carbons (Fsp3) is 0.875. The second kappa shape index (κ2) is 29.9. The molecule has 0 aromatic rings. The van der Waals surface area contributed by atoms with Gasteiger partial charge in [0.25, 0.3) is 0 Å². The van der Waals surface area contributed by atoms with E-state index >= 15 is 0 Å². The third-order valence-corrected chi connectivity index (χ3v) is 6.84. The molecule has 212 valence electrons. The molecule has 0 atom stereocenters. The SMILES string of the molecule is CCCCCCCCCCCCCCCOC(=O)/C=C/C(=O)OCCCCCCCCCCCCC. The summed E-state index contributed by atoms with van der Waals surface area (Å²) in [5.41, 5.74) is 0. The molecule has 0 spiro atoms. The van der Waals surface area contributed by atoms with Gasteiger partial charge in [-0.05, 0) is 12.8 Å². The van der Waals surface area contributed by atoms with E-state index in [-0.39, 0.29) is 0 Å². The minimum absolute atomic E-state index is 0.425. The molecule has 0 radical (unpaired) electrons. The fourth-order valence-electron chi connectivity index (χ4n) is 4.46. The van der Waals surface area contributed by atoms with Crippen LogP contribution < -0.4 is 0 Å². The fourth-order valence-corrected chi connectivity index (χ4v) is 4.46. The van der Waals surface area contributed by atoms with E-state index in [0.717, 1.165) is 25.7 Å². The van der Waals surface area contributed by atoms with Crippen LogP contribution in [-0.2, 0) is 19.1 Å². The molecule has 0 aromatic heterocycles. The second-order valence-corrected chi connectivity index (χ2v) is 10.4. The molecule has 0 unspecified atom stereocenters. The minimum atomic E-state index is -0.458. The van der Waals surface area contributed by atoms with Gasteiger partial charge in [0.2, 0.25) is 0 Å². The third kappa shape index (κ3) is 28.9. The molecule has 0 aromatic carbocycles. The van der Waals surface area contributed by atoms with Gasteiger partial charge in [0.15, 0.2) is 0 Å². The van der Waals surface area contributed by atoms with Gasteiger partial charge in [-0.15, -0.1) is 0 Å². The molecule has 0 aliphatic carbocycles. The Morgan fingerprint density at radius 2 is 0.611 bits per heavy atom. The van der Waals surface area contributed by atoms with E-state index in [4.69, 9.17) is 9.47 Å². The van der Waals surface area contributed by atoms with Gasteiger partial charge >= 0.3 is 11.9 Å². The van der Waals surface area contributed by atoms with Crippen LogP contribution in [0.15, 0.2) is 12.2 Å². The van der Waals surface area contributed by atoms with Gasteiger partial charge in [0, 0.05) is 12.2 Å². The number of carbonyl (C=O) groups excluding carboxylic acids is 2. The largest absolute Gasteiger partial charge is 0.463 e. The third-order valence-electron chi connectivity index (χ3n) is 6.84. The standard InChI is InChI=1S/C32H60O4/c1-3-5-7-9-11-13-15-16-18-20-22-24-26-30-36-32(34)28-27-31(33)35-29-25-23-21-19-17-14-12-10-8-6-4-2/h27-28H,3-26,29-30H2,1-2H3/b28-27+. The molecular weight excluding hydrogens is 448 g/mol. The van der Waals surface area contributed by atoms with Crippen molar-refractivity contribution in [2.45, 2.75) is 168 Å². The van der Waals surface area contributed by atoms with Crippen molar-refractivity contribution in [2.75, 3.05) is 13.2 Å². The minimum Gasteiger partial charge on any atom is -0.463 e. The van der Waals surface area contributed by atoms with Crippen LogP contribution in [0, 0.1) is 0 Å². The van der Waals surface area contributed by atoms with Crippen LogP contribution in [0.2, 0.25) is 0 Å². The van der Waals surface area contributed by atoms with Crippen molar-refractivity contribution in [1.82, 2.24) is 0 Å². The number of hydrogen-bond acceptors (Lipinski definition) is 4. The van der Waals surface area contributed by atoms with Crippen LogP contribution in [0.3, 0.4) is 0 Å². The molecule has 0 aliphatic heterocycles. The van der Waals surface area contributed by atoms with Gasteiger partial charge in [-0.2, -0.15) is 0 Å². The van der Waals surface area contributed by atoms with Gasteiger partial charge in [-0.1, -0.05) is 155 Å². The molecule has 0 aliphatic rings. The Hall–Kier alpha value is -1.32. The Morgan fingerprint density at radius 3 is 0.861 bits per heavy atom. The normalized spacial score (nSPS) is 11.3. The summed E-state index contributed by atoms with van der Waals surface area (Å²) in [5, 5.41) is 0. The highest BCUT2D eigenvalue weighted by Gasteiger charge is 2.02. The lowest BCUT2D eigenvalue weighted by Crippen LogP contribution is -2.06. The highest BCUT2D eigenvalue weighted by Crippen LogP contribution is 2.13. The Labute approximate surface area is 224 Å². The average Bonchev–Trinajstić information content (AvgIpc) is 2.88. The summed E-state index contributed by atoms with van der Waals surface area (Å²) in [6, 6.07) is 0. The number of hydrogen-bond donors (Lipinski definition) is 0. The molecule has 0 fully saturated rings. The molecule has 4 heteroatoms. The van der Waals surface area contributed by atoms with Crippen molar-refractivity contribution in [2.24, 2.45) is 0 Å². The van der Waals surface area contributed by atoms with Crippen LogP contribution in [0.5, 0.6) is 0 Å². The van der Waals surface area contributed by atoms with E-state index in [1.165, 1.54) is 141 Å². The maximum absolute atomic E-state index is 11.7. The number of rotatable bonds is 28. The first-order valence-electron chi connectivity index (χ1n) is 15.7. The Balaban J connectivity index is 3.36. The second-order valence-electron chi connectivity index (χ2n) is 10.4. The average molecular weight is 509 g/mol. The van der Waals surface area contributed by atoms with Gasteiger partial charge in [0.1, 0.15) is 0 Å². The molecule has 0 rings (SSSR count). The Morgan fingerprint density at radius 1 is 0.389 bits per heavy atom. The van der Waals surface area contributed by atoms with Crippen LogP contribution in [0.1, 0.15) is 168 Å². The zero-order valence-corrected chi connectivity index (χ0v) is 24.2. The smallest absolute Gasteiger partial charge is 0.331 e. The first kappa shape index (κ1) is 34.7. The number of unbranched alkanes of at least 4 members (excludes halogenated alkanes) is 22. The summed E-state index contributed by atoms with van der Waals surface area (Å²) < 4.78 is 10.3. The first-order chi connectivity index (χ1) is 17.7. The number of esters is 2. The lowest BCUT2D eigenvalue weighted by atomic mass is 10.0. The van der Waals surface area contributed by atoms with E-state index in [9.17, 15) is 9.59 Å². The molecule has 0 amide bonds. The zero-order chi connectivity index (χ0) is 26.4. The van der Waals surface area contributed by atoms with Gasteiger partial charge in [-0.3, -0.25) is 0 Å². The molecule has 0 bridgehead atoms. The molecule has 0 saturated carbocycles. The summed E-state index contributed by atoms with van der Waals surface area (Å²) >= 11 is 0. The highest BCUT2D eigenvalue weighted by molar-refractivity contribution is 5.91. The number of carbonyl (C=O) groups is 2. The topological polar surface area (TPSA) is 52.6 Å². The predicted molar refractivity (Wildman–Crippen MR) is 153 cm³/mol. The van der Waals surface area contributed by atoms with Crippen LogP contribution >= 0.6 is 0 Å². The first-order valence-corrected chi connectivity index (χ1v) is 15.7. The van der Waals surface area contributed by atoms with Crippen molar-refractivity contribution >= 4 is 11.9 Å². The molecular formula is C32H60O4. The Kier molecular flexibility index (Phi) is 28.8. The van der Waals surface area contributed by atoms with Gasteiger partial charge in [-0.25, -0.2) is 9.59 Å². The molecule has 4 nitrogen and oxygen atoms in total. The van der Waals surface area contributed by atoms with Crippen molar-refractivity contribution < 1.29 is 19.1 Å². The van der Waals surface area contributed by atoms with E-state index in [1.54, 1.807) is 0 Å². The Bertz CT molecular complexity index is 500. The quantitative estimate of drug-likeness (QED) is 0.0599. The van der Waals surface area contributed by atoms with Gasteiger partial charge < -0.3 is 9.47 Å².